The molecule has 3 aromatic rings. The predicted octanol–water partition coefficient (Wildman–Crippen LogP) is 4.47. The number of phenols is 1. The lowest BCUT2D eigenvalue weighted by Crippen LogP contribution is -1.99. The van der Waals surface area contributed by atoms with Crippen LogP contribution in [-0.4, -0.2) is 21.2 Å². The van der Waals surface area contributed by atoms with Crippen molar-refractivity contribution in [1.29, 1.82) is 0 Å². The summed E-state index contributed by atoms with van der Waals surface area (Å²) in [5, 5.41) is 20.9. The fourth-order valence-corrected chi connectivity index (χ4v) is 2.93. The second-order valence-corrected chi connectivity index (χ2v) is 5.73. The molecule has 0 amide bonds. The third kappa shape index (κ3) is 2.51. The van der Waals surface area contributed by atoms with Gasteiger partial charge in [0.1, 0.15) is 5.75 Å². The van der Waals surface area contributed by atoms with Gasteiger partial charge in [0, 0.05) is 38.3 Å². The Hall–Kier alpha value is -2.17. The molecule has 4 nitrogen and oxygen atoms in total. The van der Waals surface area contributed by atoms with E-state index >= 15 is 0 Å². The Kier molecular flexibility index (Phi) is 3.72. The molecular weight excluding hydrogens is 325 g/mol. The number of halogens is 2. The molecule has 0 aliphatic rings. The number of carbonyl (C=O) groups is 1. The maximum absolute atomic E-state index is 11.0. The first-order chi connectivity index (χ1) is 10.5. The lowest BCUT2D eigenvalue weighted by molar-refractivity contribution is -0.136. The Bertz CT molecular complexity index is 886. The standard InChI is InChI=1S/C16H11Cl2NO3/c17-9-1-2-11(18)10(6-9)16-13(20)4-3-12-15(16)8(7-19-12)5-14(21)22/h1-4,6-7,19-20H,5H2,(H,21,22). The van der Waals surface area contributed by atoms with Crippen LogP contribution in [0.15, 0.2) is 36.5 Å². The van der Waals surface area contributed by atoms with Gasteiger partial charge >= 0.3 is 5.97 Å². The van der Waals surface area contributed by atoms with E-state index in [0.717, 1.165) is 5.52 Å². The molecule has 0 aliphatic heterocycles. The molecule has 0 fully saturated rings. The van der Waals surface area contributed by atoms with E-state index in [-0.39, 0.29) is 12.2 Å². The number of hydrogen-bond donors (Lipinski definition) is 3. The van der Waals surface area contributed by atoms with E-state index in [1.54, 1.807) is 30.5 Å². The molecule has 0 aliphatic carbocycles. The van der Waals surface area contributed by atoms with Crippen LogP contribution in [0, 0.1) is 0 Å². The minimum absolute atomic E-state index is 0.0166. The van der Waals surface area contributed by atoms with Gasteiger partial charge in [-0.2, -0.15) is 0 Å². The highest BCUT2D eigenvalue weighted by atomic mass is 35.5. The molecule has 0 bridgehead atoms. The van der Waals surface area contributed by atoms with Crippen LogP contribution in [0.25, 0.3) is 22.0 Å². The number of rotatable bonds is 3. The number of fused-ring (bicyclic) bond motifs is 1. The van der Waals surface area contributed by atoms with Crippen molar-refractivity contribution in [2.24, 2.45) is 0 Å². The Morgan fingerprint density at radius 1 is 1.18 bits per heavy atom. The van der Waals surface area contributed by atoms with Gasteiger partial charge in [0.2, 0.25) is 0 Å². The molecule has 1 aromatic heterocycles. The molecule has 0 saturated heterocycles. The van der Waals surface area contributed by atoms with Gasteiger partial charge in [-0.15, -0.1) is 0 Å². The minimum atomic E-state index is -0.951. The summed E-state index contributed by atoms with van der Waals surface area (Å²) in [6.07, 6.45) is 1.47. The summed E-state index contributed by atoms with van der Waals surface area (Å²) in [5.41, 5.74) is 2.33. The van der Waals surface area contributed by atoms with Crippen molar-refractivity contribution in [2.45, 2.75) is 6.42 Å². The van der Waals surface area contributed by atoms with E-state index in [1.165, 1.54) is 6.07 Å². The third-order valence-electron chi connectivity index (χ3n) is 3.45. The van der Waals surface area contributed by atoms with Crippen LogP contribution >= 0.6 is 23.2 Å². The first-order valence-electron chi connectivity index (χ1n) is 6.46. The molecule has 2 aromatic carbocycles. The van der Waals surface area contributed by atoms with Gasteiger partial charge in [0.25, 0.3) is 0 Å². The Balaban J connectivity index is 2.36. The molecule has 0 radical (unpaired) electrons. The molecular formula is C16H11Cl2NO3. The molecule has 3 N–H and O–H groups in total. The van der Waals surface area contributed by atoms with Gasteiger partial charge in [0.15, 0.2) is 0 Å². The van der Waals surface area contributed by atoms with Crippen molar-refractivity contribution in [2.75, 3.05) is 0 Å². The second-order valence-electron chi connectivity index (χ2n) is 4.89. The average molecular weight is 336 g/mol. The highest BCUT2D eigenvalue weighted by molar-refractivity contribution is 6.36. The first kappa shape index (κ1) is 14.8. The number of aromatic amines is 1. The third-order valence-corrected chi connectivity index (χ3v) is 4.01. The number of benzene rings is 2. The van der Waals surface area contributed by atoms with E-state index in [2.05, 4.69) is 4.98 Å². The Morgan fingerprint density at radius 2 is 1.95 bits per heavy atom. The summed E-state index contributed by atoms with van der Waals surface area (Å²) in [6, 6.07) is 8.17. The molecule has 1 heterocycles. The van der Waals surface area contributed by atoms with Crippen molar-refractivity contribution >= 4 is 40.1 Å². The lowest BCUT2D eigenvalue weighted by Gasteiger charge is -2.11. The van der Waals surface area contributed by atoms with Crippen LogP contribution in [-0.2, 0) is 11.2 Å². The van der Waals surface area contributed by atoms with Crippen molar-refractivity contribution < 1.29 is 15.0 Å². The highest BCUT2D eigenvalue weighted by Crippen LogP contribution is 2.42. The zero-order chi connectivity index (χ0) is 15.9. The predicted molar refractivity (Wildman–Crippen MR) is 86.8 cm³/mol. The van der Waals surface area contributed by atoms with E-state index in [0.29, 0.717) is 32.1 Å². The number of hydrogen-bond acceptors (Lipinski definition) is 2. The van der Waals surface area contributed by atoms with Crippen LogP contribution in [0.4, 0.5) is 0 Å². The van der Waals surface area contributed by atoms with Gasteiger partial charge in [-0.3, -0.25) is 4.79 Å². The molecule has 6 heteroatoms. The quantitative estimate of drug-likeness (QED) is 0.660. The van der Waals surface area contributed by atoms with Gasteiger partial charge in [-0.25, -0.2) is 0 Å². The van der Waals surface area contributed by atoms with Gasteiger partial charge in [-0.1, -0.05) is 23.2 Å². The number of aliphatic carboxylic acids is 1. The SMILES string of the molecule is O=C(O)Cc1c[nH]c2ccc(O)c(-c3cc(Cl)ccc3Cl)c12. The van der Waals surface area contributed by atoms with E-state index in [4.69, 9.17) is 28.3 Å². The van der Waals surface area contributed by atoms with E-state index < -0.39 is 5.97 Å². The summed E-state index contributed by atoms with van der Waals surface area (Å²) >= 11 is 12.3. The smallest absolute Gasteiger partial charge is 0.307 e. The number of phenolic OH excluding ortho intramolecular Hbond substituents is 1. The van der Waals surface area contributed by atoms with Crippen molar-refractivity contribution in [3.8, 4) is 16.9 Å². The number of carboxylic acid groups (broad SMARTS) is 1. The van der Waals surface area contributed by atoms with Crippen LogP contribution < -0.4 is 0 Å². The number of nitrogens with one attached hydrogen (secondary N) is 1. The van der Waals surface area contributed by atoms with E-state index in [9.17, 15) is 9.90 Å². The van der Waals surface area contributed by atoms with Crippen molar-refractivity contribution in [3.63, 3.8) is 0 Å². The topological polar surface area (TPSA) is 73.3 Å². The number of aromatic nitrogens is 1. The summed E-state index contributed by atoms with van der Waals surface area (Å²) in [6.45, 7) is 0. The lowest BCUT2D eigenvalue weighted by atomic mass is 9.97. The number of aromatic hydroxyl groups is 1. The summed E-state index contributed by atoms with van der Waals surface area (Å²) in [4.78, 5) is 14.1. The molecule has 112 valence electrons. The van der Waals surface area contributed by atoms with Crippen LogP contribution in [0.5, 0.6) is 5.75 Å². The number of H-pyrrole nitrogens is 1. The van der Waals surface area contributed by atoms with Crippen LogP contribution in [0.3, 0.4) is 0 Å². The monoisotopic (exact) mass is 335 g/mol. The molecule has 0 unspecified atom stereocenters. The Labute approximate surface area is 135 Å². The normalized spacial score (nSPS) is 11.0. The van der Waals surface area contributed by atoms with E-state index in [1.807, 2.05) is 0 Å². The van der Waals surface area contributed by atoms with Gasteiger partial charge < -0.3 is 15.2 Å². The fraction of sp³-hybridized carbons (Fsp3) is 0.0625. The highest BCUT2D eigenvalue weighted by Gasteiger charge is 2.18. The molecule has 0 atom stereocenters. The fourth-order valence-electron chi connectivity index (χ4n) is 2.55. The number of carboxylic acids is 1. The van der Waals surface area contributed by atoms with Crippen molar-refractivity contribution in [3.05, 3.63) is 52.1 Å². The summed E-state index contributed by atoms with van der Waals surface area (Å²) < 4.78 is 0. The van der Waals surface area contributed by atoms with Crippen LogP contribution in [0.2, 0.25) is 10.0 Å². The zero-order valence-corrected chi connectivity index (χ0v) is 12.7. The molecule has 22 heavy (non-hydrogen) atoms. The summed E-state index contributed by atoms with van der Waals surface area (Å²) in [7, 11) is 0. The van der Waals surface area contributed by atoms with Gasteiger partial charge in [-0.05, 0) is 35.9 Å². The van der Waals surface area contributed by atoms with Crippen LogP contribution in [0.1, 0.15) is 5.56 Å². The van der Waals surface area contributed by atoms with Gasteiger partial charge in [0.05, 0.1) is 6.42 Å². The van der Waals surface area contributed by atoms with Crippen molar-refractivity contribution in [1.82, 2.24) is 4.98 Å². The molecule has 0 saturated carbocycles. The molecule has 3 rings (SSSR count). The maximum Gasteiger partial charge on any atom is 0.307 e. The minimum Gasteiger partial charge on any atom is -0.507 e. The zero-order valence-electron chi connectivity index (χ0n) is 11.2. The Morgan fingerprint density at radius 3 is 2.68 bits per heavy atom. The first-order valence-corrected chi connectivity index (χ1v) is 7.22. The largest absolute Gasteiger partial charge is 0.507 e. The molecule has 0 spiro atoms. The average Bonchev–Trinajstić information content (AvgIpc) is 2.84. The maximum atomic E-state index is 11.0. The second kappa shape index (κ2) is 5.55. The summed E-state index contributed by atoms with van der Waals surface area (Å²) in [5.74, 6) is -0.935.